The zero-order valence-electron chi connectivity index (χ0n) is 16.3. The Morgan fingerprint density at radius 3 is 2.83 bits per heavy atom. The summed E-state index contributed by atoms with van der Waals surface area (Å²) < 4.78 is 21.8. The molecule has 1 saturated carbocycles. The maximum Gasteiger partial charge on any atom is 0.234 e. The number of hydrogen-bond donors (Lipinski definition) is 2. The average Bonchev–Trinajstić information content (AvgIpc) is 3.39. The lowest BCUT2D eigenvalue weighted by molar-refractivity contribution is -0.137. The molecule has 2 saturated heterocycles. The van der Waals surface area contributed by atoms with E-state index in [9.17, 15) is 9.59 Å². The number of carbonyl (C=O) groups excluding carboxylic acids is 2. The van der Waals surface area contributed by atoms with Gasteiger partial charge in [0.1, 0.15) is 6.79 Å². The van der Waals surface area contributed by atoms with E-state index >= 15 is 0 Å². The van der Waals surface area contributed by atoms with Gasteiger partial charge in [-0.2, -0.15) is 0 Å². The molecule has 160 valence electrons. The van der Waals surface area contributed by atoms with Crippen molar-refractivity contribution in [1.82, 2.24) is 15.5 Å². The number of nitrogens with one attached hydrogen (secondary N) is 2. The van der Waals surface area contributed by atoms with E-state index in [-0.39, 0.29) is 62.5 Å². The fourth-order valence-electron chi connectivity index (χ4n) is 4.43. The largest absolute Gasteiger partial charge is 0.454 e. The highest BCUT2D eigenvalue weighted by molar-refractivity contribution is 7.80. The second-order valence-corrected chi connectivity index (χ2v) is 8.25. The van der Waals surface area contributed by atoms with Crippen molar-refractivity contribution in [2.24, 2.45) is 5.92 Å². The molecule has 2 N–H and O–H groups in total. The summed E-state index contributed by atoms with van der Waals surface area (Å²) >= 11 is 5.40. The van der Waals surface area contributed by atoms with Gasteiger partial charge in [-0.3, -0.25) is 14.5 Å². The zero-order chi connectivity index (χ0) is 20.7. The summed E-state index contributed by atoms with van der Waals surface area (Å²) in [6, 6.07) is 5.52. The molecule has 9 nitrogen and oxygen atoms in total. The lowest BCUT2D eigenvalue weighted by Crippen LogP contribution is -2.63. The first-order chi connectivity index (χ1) is 14.6. The molecule has 4 atom stereocenters. The molecular weight excluding hydrogens is 410 g/mol. The molecule has 4 aliphatic rings. The van der Waals surface area contributed by atoms with Crippen molar-refractivity contribution < 1.29 is 28.5 Å². The van der Waals surface area contributed by atoms with Crippen LogP contribution >= 0.6 is 12.2 Å². The Labute approximate surface area is 179 Å². The van der Waals surface area contributed by atoms with Crippen LogP contribution in [0.4, 0.5) is 0 Å². The van der Waals surface area contributed by atoms with Crippen LogP contribution in [0.5, 0.6) is 11.5 Å². The Kier molecular flexibility index (Phi) is 5.21. The maximum atomic E-state index is 13.0. The van der Waals surface area contributed by atoms with E-state index in [0.29, 0.717) is 36.0 Å². The first-order valence-electron chi connectivity index (χ1n) is 10.1. The van der Waals surface area contributed by atoms with Gasteiger partial charge >= 0.3 is 0 Å². The average molecular weight is 433 g/mol. The molecular formula is C20H23N3O6S. The number of rotatable bonds is 5. The molecule has 4 unspecified atom stereocenters. The van der Waals surface area contributed by atoms with Gasteiger partial charge in [0.05, 0.1) is 18.1 Å². The van der Waals surface area contributed by atoms with E-state index in [1.165, 1.54) is 4.90 Å². The highest BCUT2D eigenvalue weighted by Gasteiger charge is 2.48. The molecule has 5 rings (SSSR count). The predicted octanol–water partition coefficient (Wildman–Crippen LogP) is 0.658. The fraction of sp³-hybridized carbons (Fsp3) is 0.550. The van der Waals surface area contributed by atoms with Crippen LogP contribution in [0.25, 0.3) is 0 Å². The standard InChI is InChI=1S/C20H23N3O6S/c24-18(21-8-11-1-2-14-15(5-11)27-9-26-14)3-4-23-19(25)12-6-16-17(29-10-28-16)7-13(12)22-20(23)30/h1-2,5,12-13,16-17H,3-4,6-10H2,(H,21,24)(H,22,30). The van der Waals surface area contributed by atoms with Gasteiger partial charge in [0.25, 0.3) is 0 Å². The topological polar surface area (TPSA) is 98.4 Å². The molecule has 30 heavy (non-hydrogen) atoms. The van der Waals surface area contributed by atoms with Gasteiger partial charge < -0.3 is 29.6 Å². The Balaban J connectivity index is 1.13. The van der Waals surface area contributed by atoms with Crippen LogP contribution < -0.4 is 20.1 Å². The second-order valence-electron chi connectivity index (χ2n) is 7.87. The maximum absolute atomic E-state index is 13.0. The summed E-state index contributed by atoms with van der Waals surface area (Å²) in [4.78, 5) is 26.8. The molecule has 10 heteroatoms. The SMILES string of the molecule is O=C(CCN1C(=O)C2CC3OCOC3CC2NC1=S)NCc1ccc2c(c1)OCO2. The first-order valence-corrected chi connectivity index (χ1v) is 10.5. The minimum Gasteiger partial charge on any atom is -0.454 e. The third-order valence-corrected chi connectivity index (χ3v) is 6.40. The smallest absolute Gasteiger partial charge is 0.234 e. The quantitative estimate of drug-likeness (QED) is 0.654. The highest BCUT2D eigenvalue weighted by Crippen LogP contribution is 2.35. The number of carbonyl (C=O) groups is 2. The van der Waals surface area contributed by atoms with Crippen LogP contribution in [0.15, 0.2) is 18.2 Å². The van der Waals surface area contributed by atoms with Gasteiger partial charge in [0, 0.05) is 25.6 Å². The van der Waals surface area contributed by atoms with E-state index in [2.05, 4.69) is 10.6 Å². The van der Waals surface area contributed by atoms with Gasteiger partial charge in [-0.05, 0) is 42.8 Å². The zero-order valence-corrected chi connectivity index (χ0v) is 17.1. The van der Waals surface area contributed by atoms with Crippen LogP contribution in [0.2, 0.25) is 0 Å². The highest BCUT2D eigenvalue weighted by atomic mass is 32.1. The number of fused-ring (bicyclic) bond motifs is 3. The Bertz CT molecular complexity index is 880. The molecule has 1 aromatic carbocycles. The molecule has 2 amide bonds. The Morgan fingerprint density at radius 2 is 1.97 bits per heavy atom. The lowest BCUT2D eigenvalue weighted by atomic mass is 9.79. The normalized spacial score (nSPS) is 29.3. The number of thiocarbonyl (C=S) groups is 1. The fourth-order valence-corrected chi connectivity index (χ4v) is 4.76. The van der Waals surface area contributed by atoms with Crippen molar-refractivity contribution in [3.05, 3.63) is 23.8 Å². The summed E-state index contributed by atoms with van der Waals surface area (Å²) in [7, 11) is 0. The third-order valence-electron chi connectivity index (χ3n) is 6.06. The molecule has 1 aliphatic carbocycles. The Morgan fingerprint density at radius 1 is 1.17 bits per heavy atom. The molecule has 0 bridgehead atoms. The van der Waals surface area contributed by atoms with Gasteiger partial charge in [-0.25, -0.2) is 0 Å². The summed E-state index contributed by atoms with van der Waals surface area (Å²) in [5, 5.41) is 6.51. The van der Waals surface area contributed by atoms with E-state index in [0.717, 1.165) is 5.56 Å². The van der Waals surface area contributed by atoms with Crippen LogP contribution in [0, 0.1) is 5.92 Å². The van der Waals surface area contributed by atoms with Crippen LogP contribution in [-0.2, 0) is 25.6 Å². The second kappa shape index (κ2) is 8.01. The van der Waals surface area contributed by atoms with Crippen molar-refractivity contribution in [3.63, 3.8) is 0 Å². The summed E-state index contributed by atoms with van der Waals surface area (Å²) in [6.07, 6.45) is 1.45. The predicted molar refractivity (Wildman–Crippen MR) is 108 cm³/mol. The van der Waals surface area contributed by atoms with Crippen molar-refractivity contribution in [3.8, 4) is 11.5 Å². The van der Waals surface area contributed by atoms with Gasteiger partial charge in [-0.1, -0.05) is 6.07 Å². The molecule has 3 fully saturated rings. The minimum absolute atomic E-state index is 0.0165. The van der Waals surface area contributed by atoms with Gasteiger partial charge in [0.15, 0.2) is 16.6 Å². The van der Waals surface area contributed by atoms with E-state index in [1.807, 2.05) is 18.2 Å². The van der Waals surface area contributed by atoms with E-state index in [4.69, 9.17) is 31.2 Å². The van der Waals surface area contributed by atoms with E-state index < -0.39 is 0 Å². The Hall–Kier alpha value is -2.43. The monoisotopic (exact) mass is 433 g/mol. The number of amides is 2. The third kappa shape index (κ3) is 3.70. The minimum atomic E-state index is -0.212. The van der Waals surface area contributed by atoms with Crippen LogP contribution in [0.1, 0.15) is 24.8 Å². The molecule has 3 heterocycles. The summed E-state index contributed by atoms with van der Waals surface area (Å²) in [6.45, 7) is 1.11. The number of ether oxygens (including phenoxy) is 4. The molecule has 3 aliphatic heterocycles. The van der Waals surface area contributed by atoms with Gasteiger partial charge in [0.2, 0.25) is 18.6 Å². The molecule has 0 aromatic heterocycles. The molecule has 0 radical (unpaired) electrons. The van der Waals surface area contributed by atoms with Crippen LogP contribution in [-0.4, -0.2) is 60.2 Å². The number of nitrogens with zero attached hydrogens (tertiary/aromatic N) is 1. The van der Waals surface area contributed by atoms with Crippen LogP contribution in [0.3, 0.4) is 0 Å². The number of benzene rings is 1. The first kappa shape index (κ1) is 19.5. The molecule has 1 aromatic rings. The van der Waals surface area contributed by atoms with Gasteiger partial charge in [-0.15, -0.1) is 0 Å². The summed E-state index contributed by atoms with van der Waals surface area (Å²) in [5.41, 5.74) is 0.914. The lowest BCUT2D eigenvalue weighted by Gasteiger charge is -2.44. The molecule has 0 spiro atoms. The van der Waals surface area contributed by atoms with Crippen molar-refractivity contribution in [1.29, 1.82) is 0 Å². The number of hydrogen-bond acceptors (Lipinski definition) is 7. The van der Waals surface area contributed by atoms with E-state index in [1.54, 1.807) is 0 Å². The summed E-state index contributed by atoms with van der Waals surface area (Å²) in [5.74, 6) is 0.980. The van der Waals surface area contributed by atoms with Crippen molar-refractivity contribution >= 4 is 29.1 Å². The van der Waals surface area contributed by atoms with Crippen molar-refractivity contribution in [2.45, 2.75) is 44.1 Å². The van der Waals surface area contributed by atoms with Crippen molar-refractivity contribution in [2.75, 3.05) is 20.1 Å².